The molecule has 2 rings (SSSR count). The molecule has 18 heavy (non-hydrogen) atoms. The zero-order valence-corrected chi connectivity index (χ0v) is 10.5. The summed E-state index contributed by atoms with van der Waals surface area (Å²) in [6.45, 7) is 0. The molecule has 0 spiro atoms. The van der Waals surface area contributed by atoms with Crippen LogP contribution in [0.15, 0.2) is 36.5 Å². The number of pyridine rings is 1. The normalized spacial score (nSPS) is 10.1. The van der Waals surface area contributed by atoms with Gasteiger partial charge in [0.2, 0.25) is 0 Å². The Morgan fingerprint density at radius 3 is 2.78 bits per heavy atom. The number of phenolic OH excluding ortho intramolecular Hbond substituents is 1. The summed E-state index contributed by atoms with van der Waals surface area (Å²) in [5, 5.41) is 12.6. The van der Waals surface area contributed by atoms with Crippen LogP contribution in [0.5, 0.6) is 5.75 Å². The number of aromatic nitrogens is 1. The highest BCUT2D eigenvalue weighted by Crippen LogP contribution is 2.27. The number of carbonyl (C=O) groups is 1. The molecule has 92 valence electrons. The zero-order chi connectivity index (χ0) is 13.1. The Bertz CT molecular complexity index is 602. The predicted octanol–water partition coefficient (Wildman–Crippen LogP) is 3.35. The van der Waals surface area contributed by atoms with Crippen LogP contribution >= 0.6 is 23.2 Å². The van der Waals surface area contributed by atoms with Crippen molar-refractivity contribution >= 4 is 34.8 Å². The lowest BCUT2D eigenvalue weighted by atomic mass is 10.2. The minimum Gasteiger partial charge on any atom is -0.506 e. The van der Waals surface area contributed by atoms with Crippen molar-refractivity contribution in [1.29, 1.82) is 0 Å². The lowest BCUT2D eigenvalue weighted by Crippen LogP contribution is -2.13. The molecule has 1 aromatic carbocycles. The van der Waals surface area contributed by atoms with E-state index in [0.29, 0.717) is 5.02 Å². The van der Waals surface area contributed by atoms with Crippen molar-refractivity contribution in [1.82, 2.24) is 4.98 Å². The van der Waals surface area contributed by atoms with Crippen LogP contribution < -0.4 is 5.32 Å². The smallest absolute Gasteiger partial charge is 0.258 e. The molecule has 0 aliphatic rings. The van der Waals surface area contributed by atoms with Crippen LogP contribution in [0.4, 0.5) is 5.69 Å². The molecule has 1 heterocycles. The Kier molecular flexibility index (Phi) is 3.69. The molecule has 0 saturated carbocycles. The van der Waals surface area contributed by atoms with Gasteiger partial charge in [0.05, 0.1) is 11.3 Å². The standard InChI is InChI=1S/C12H8Cl2N2O2/c13-7-3-4-10(17)9(6-7)16-12(18)8-2-1-5-15-11(8)14/h1-6,17H,(H,16,18). The molecule has 2 aromatic rings. The predicted molar refractivity (Wildman–Crippen MR) is 70.3 cm³/mol. The fourth-order valence-corrected chi connectivity index (χ4v) is 1.73. The molecule has 0 saturated heterocycles. The molecule has 0 radical (unpaired) electrons. The van der Waals surface area contributed by atoms with Crippen molar-refractivity contribution in [2.45, 2.75) is 0 Å². The Hall–Kier alpha value is -1.78. The van der Waals surface area contributed by atoms with Gasteiger partial charge in [-0.05, 0) is 30.3 Å². The van der Waals surface area contributed by atoms with Gasteiger partial charge >= 0.3 is 0 Å². The Morgan fingerprint density at radius 2 is 2.06 bits per heavy atom. The van der Waals surface area contributed by atoms with E-state index in [1.807, 2.05) is 0 Å². The van der Waals surface area contributed by atoms with Crippen LogP contribution in [0.3, 0.4) is 0 Å². The maximum Gasteiger partial charge on any atom is 0.258 e. The van der Waals surface area contributed by atoms with Crippen LogP contribution in [0.25, 0.3) is 0 Å². The van der Waals surface area contributed by atoms with E-state index in [4.69, 9.17) is 23.2 Å². The van der Waals surface area contributed by atoms with Crippen LogP contribution in [-0.2, 0) is 0 Å². The highest BCUT2D eigenvalue weighted by Gasteiger charge is 2.12. The molecule has 0 atom stereocenters. The molecule has 4 nitrogen and oxygen atoms in total. The summed E-state index contributed by atoms with van der Waals surface area (Å²) in [6.07, 6.45) is 1.48. The third kappa shape index (κ3) is 2.72. The molecule has 0 aliphatic carbocycles. The molecule has 1 aromatic heterocycles. The minimum absolute atomic E-state index is 0.0761. The summed E-state index contributed by atoms with van der Waals surface area (Å²) in [4.78, 5) is 15.7. The number of halogens is 2. The summed E-state index contributed by atoms with van der Waals surface area (Å²) >= 11 is 11.6. The number of amides is 1. The van der Waals surface area contributed by atoms with Gasteiger partial charge in [0.15, 0.2) is 0 Å². The quantitative estimate of drug-likeness (QED) is 0.656. The number of anilines is 1. The second-order valence-electron chi connectivity index (χ2n) is 3.46. The molecular weight excluding hydrogens is 275 g/mol. The molecule has 0 aliphatic heterocycles. The van der Waals surface area contributed by atoms with E-state index in [9.17, 15) is 9.90 Å². The first-order valence-corrected chi connectivity index (χ1v) is 5.74. The number of hydrogen-bond donors (Lipinski definition) is 2. The third-order valence-electron chi connectivity index (χ3n) is 2.21. The first-order valence-electron chi connectivity index (χ1n) is 4.98. The van der Waals surface area contributed by atoms with E-state index >= 15 is 0 Å². The number of nitrogens with zero attached hydrogens (tertiary/aromatic N) is 1. The van der Waals surface area contributed by atoms with E-state index < -0.39 is 5.91 Å². The zero-order valence-electron chi connectivity index (χ0n) is 9.02. The van der Waals surface area contributed by atoms with Crippen molar-refractivity contribution < 1.29 is 9.90 Å². The van der Waals surface area contributed by atoms with Crippen molar-refractivity contribution in [3.05, 3.63) is 52.3 Å². The number of rotatable bonds is 2. The van der Waals surface area contributed by atoms with E-state index in [1.54, 1.807) is 6.07 Å². The van der Waals surface area contributed by atoms with E-state index in [0.717, 1.165) is 0 Å². The summed E-state index contributed by atoms with van der Waals surface area (Å²) < 4.78 is 0. The summed E-state index contributed by atoms with van der Waals surface area (Å²) in [5.41, 5.74) is 0.436. The van der Waals surface area contributed by atoms with E-state index in [2.05, 4.69) is 10.3 Å². The highest BCUT2D eigenvalue weighted by atomic mass is 35.5. The van der Waals surface area contributed by atoms with Crippen LogP contribution in [0.2, 0.25) is 10.2 Å². The first-order chi connectivity index (χ1) is 8.58. The number of hydrogen-bond acceptors (Lipinski definition) is 3. The maximum atomic E-state index is 11.9. The van der Waals surface area contributed by atoms with Crippen LogP contribution in [0, 0.1) is 0 Å². The Labute approximate surface area is 113 Å². The van der Waals surface area contributed by atoms with Gasteiger partial charge in [-0.25, -0.2) is 4.98 Å². The largest absolute Gasteiger partial charge is 0.506 e. The number of benzene rings is 1. The van der Waals surface area contributed by atoms with Gasteiger partial charge in [-0.3, -0.25) is 4.79 Å². The van der Waals surface area contributed by atoms with Gasteiger partial charge in [-0.15, -0.1) is 0 Å². The molecule has 0 fully saturated rings. The van der Waals surface area contributed by atoms with Gasteiger partial charge in [-0.2, -0.15) is 0 Å². The molecule has 6 heteroatoms. The van der Waals surface area contributed by atoms with Crippen LogP contribution in [0.1, 0.15) is 10.4 Å². The second kappa shape index (κ2) is 5.25. The van der Waals surface area contributed by atoms with Crippen molar-refractivity contribution in [3.8, 4) is 5.75 Å². The maximum absolute atomic E-state index is 11.9. The monoisotopic (exact) mass is 282 g/mol. The lowest BCUT2D eigenvalue weighted by Gasteiger charge is -2.08. The Balaban J connectivity index is 2.27. The van der Waals surface area contributed by atoms with Gasteiger partial charge in [0.25, 0.3) is 5.91 Å². The van der Waals surface area contributed by atoms with Gasteiger partial charge in [-0.1, -0.05) is 23.2 Å². The SMILES string of the molecule is O=C(Nc1cc(Cl)ccc1O)c1cccnc1Cl. The fraction of sp³-hybridized carbons (Fsp3) is 0. The average molecular weight is 283 g/mol. The topological polar surface area (TPSA) is 62.2 Å². The van der Waals surface area contributed by atoms with Crippen molar-refractivity contribution in [2.24, 2.45) is 0 Å². The summed E-state index contributed by atoms with van der Waals surface area (Å²) in [6, 6.07) is 7.48. The summed E-state index contributed by atoms with van der Waals surface area (Å²) in [5.74, 6) is -0.543. The van der Waals surface area contributed by atoms with Gasteiger partial charge in [0, 0.05) is 11.2 Å². The summed E-state index contributed by atoms with van der Waals surface area (Å²) in [7, 11) is 0. The average Bonchev–Trinajstić information content (AvgIpc) is 2.34. The lowest BCUT2D eigenvalue weighted by molar-refractivity contribution is 0.102. The van der Waals surface area contributed by atoms with Gasteiger partial charge < -0.3 is 10.4 Å². The molecule has 0 unspecified atom stereocenters. The number of nitrogens with one attached hydrogen (secondary N) is 1. The molecule has 0 bridgehead atoms. The molecule has 1 amide bonds. The van der Waals surface area contributed by atoms with Crippen molar-refractivity contribution in [2.75, 3.05) is 5.32 Å². The van der Waals surface area contributed by atoms with Crippen molar-refractivity contribution in [3.63, 3.8) is 0 Å². The molecular formula is C12H8Cl2N2O2. The number of aromatic hydroxyl groups is 1. The van der Waals surface area contributed by atoms with Crippen LogP contribution in [-0.4, -0.2) is 16.0 Å². The Morgan fingerprint density at radius 1 is 1.28 bits per heavy atom. The highest BCUT2D eigenvalue weighted by molar-refractivity contribution is 6.33. The van der Waals surface area contributed by atoms with E-state index in [-0.39, 0.29) is 22.2 Å². The molecule has 2 N–H and O–H groups in total. The van der Waals surface area contributed by atoms with Gasteiger partial charge in [0.1, 0.15) is 10.9 Å². The third-order valence-corrected chi connectivity index (χ3v) is 2.75. The first kappa shape index (κ1) is 12.7. The fourth-order valence-electron chi connectivity index (χ4n) is 1.35. The number of carbonyl (C=O) groups excluding carboxylic acids is 1. The number of phenols is 1. The van der Waals surface area contributed by atoms with E-state index in [1.165, 1.54) is 30.5 Å². The second-order valence-corrected chi connectivity index (χ2v) is 4.25. The minimum atomic E-state index is -0.467.